The van der Waals surface area contributed by atoms with E-state index in [2.05, 4.69) is 108 Å². The van der Waals surface area contributed by atoms with Crippen LogP contribution in [0.15, 0.2) is 91.0 Å². The average molecular weight is 357 g/mol. The molecule has 0 atom stereocenters. The van der Waals surface area contributed by atoms with Gasteiger partial charge < -0.3 is 5.32 Å². The molecule has 1 N–H and O–H groups in total. The topological polar surface area (TPSA) is 15.3 Å². The fraction of sp³-hybridized carbons (Fsp3) is 0.280. The molecule has 1 fully saturated rings. The molecule has 1 heterocycles. The van der Waals surface area contributed by atoms with Gasteiger partial charge in [0.25, 0.3) is 0 Å². The van der Waals surface area contributed by atoms with Crippen molar-refractivity contribution in [1.82, 2.24) is 10.2 Å². The Bertz CT molecular complexity index is 782. The lowest BCUT2D eigenvalue weighted by Gasteiger charge is -2.45. The molecule has 0 spiro atoms. The lowest BCUT2D eigenvalue weighted by molar-refractivity contribution is 0.115. The number of benzene rings is 3. The van der Waals surface area contributed by atoms with Gasteiger partial charge in [-0.1, -0.05) is 91.0 Å². The van der Waals surface area contributed by atoms with Crippen LogP contribution in [0.1, 0.15) is 35.6 Å². The summed E-state index contributed by atoms with van der Waals surface area (Å²) in [5.41, 5.74) is 4.24. The van der Waals surface area contributed by atoms with Crippen LogP contribution in [-0.4, -0.2) is 25.0 Å². The summed E-state index contributed by atoms with van der Waals surface area (Å²) in [7, 11) is 2.11. The second kappa shape index (κ2) is 8.08. The minimum atomic E-state index is 0.0791. The maximum absolute atomic E-state index is 3.65. The van der Waals surface area contributed by atoms with Crippen LogP contribution in [0.25, 0.3) is 0 Å². The van der Waals surface area contributed by atoms with Crippen molar-refractivity contribution in [3.63, 3.8) is 0 Å². The molecule has 138 valence electrons. The van der Waals surface area contributed by atoms with Crippen LogP contribution in [0.4, 0.5) is 0 Å². The van der Waals surface area contributed by atoms with Crippen LogP contribution in [0, 0.1) is 0 Å². The van der Waals surface area contributed by atoms with Crippen LogP contribution in [0.3, 0.4) is 0 Å². The van der Waals surface area contributed by atoms with E-state index in [9.17, 15) is 0 Å². The van der Waals surface area contributed by atoms with E-state index < -0.39 is 0 Å². The number of likely N-dealkylation sites (tertiary alicyclic amines) is 1. The summed E-state index contributed by atoms with van der Waals surface area (Å²) >= 11 is 0. The summed E-state index contributed by atoms with van der Waals surface area (Å²) in [5, 5.41) is 3.65. The van der Waals surface area contributed by atoms with Crippen molar-refractivity contribution in [2.24, 2.45) is 0 Å². The van der Waals surface area contributed by atoms with E-state index in [-0.39, 0.29) is 5.54 Å². The standard InChI is InChI=1S/C25H28N2/c1-26-25(23-15-9-4-10-16-23)17-19-27(20-18-25)24(21-11-5-2-6-12-21)22-13-7-3-8-14-22/h2-16,24,26H,17-20H2,1H3. The fourth-order valence-corrected chi connectivity index (χ4v) is 4.49. The number of hydrogen-bond acceptors (Lipinski definition) is 2. The molecule has 27 heavy (non-hydrogen) atoms. The van der Waals surface area contributed by atoms with Gasteiger partial charge >= 0.3 is 0 Å². The maximum atomic E-state index is 3.65. The molecule has 0 bridgehead atoms. The van der Waals surface area contributed by atoms with Crippen LogP contribution < -0.4 is 5.32 Å². The summed E-state index contributed by atoms with van der Waals surface area (Å²) in [5.74, 6) is 0. The molecule has 1 aliphatic heterocycles. The van der Waals surface area contributed by atoms with Gasteiger partial charge in [0.1, 0.15) is 0 Å². The summed E-state index contributed by atoms with van der Waals surface area (Å²) in [4.78, 5) is 2.64. The molecule has 1 aliphatic rings. The van der Waals surface area contributed by atoms with E-state index in [1.165, 1.54) is 16.7 Å². The van der Waals surface area contributed by atoms with Crippen LogP contribution in [0.5, 0.6) is 0 Å². The zero-order valence-electron chi connectivity index (χ0n) is 16.0. The lowest BCUT2D eigenvalue weighted by atomic mass is 9.80. The molecule has 0 unspecified atom stereocenters. The van der Waals surface area contributed by atoms with E-state index in [0.717, 1.165) is 25.9 Å². The van der Waals surface area contributed by atoms with Crippen molar-refractivity contribution in [3.05, 3.63) is 108 Å². The van der Waals surface area contributed by atoms with Gasteiger partial charge in [0.15, 0.2) is 0 Å². The highest BCUT2D eigenvalue weighted by Gasteiger charge is 2.37. The molecular formula is C25H28N2. The van der Waals surface area contributed by atoms with E-state index >= 15 is 0 Å². The first kappa shape index (κ1) is 18.0. The van der Waals surface area contributed by atoms with Gasteiger partial charge in [-0.25, -0.2) is 0 Å². The maximum Gasteiger partial charge on any atom is 0.0601 e. The number of piperidine rings is 1. The van der Waals surface area contributed by atoms with Gasteiger partial charge in [0.2, 0.25) is 0 Å². The third kappa shape index (κ3) is 3.69. The largest absolute Gasteiger partial charge is 0.310 e. The average Bonchev–Trinajstić information content (AvgIpc) is 2.77. The van der Waals surface area contributed by atoms with Gasteiger partial charge in [-0.05, 0) is 36.6 Å². The second-order valence-electron chi connectivity index (χ2n) is 7.46. The van der Waals surface area contributed by atoms with Gasteiger partial charge in [-0.15, -0.1) is 0 Å². The van der Waals surface area contributed by atoms with Gasteiger partial charge in [-0.3, -0.25) is 4.90 Å². The molecule has 0 radical (unpaired) electrons. The normalized spacial score (nSPS) is 17.1. The van der Waals surface area contributed by atoms with Gasteiger partial charge in [-0.2, -0.15) is 0 Å². The van der Waals surface area contributed by atoms with Gasteiger partial charge in [0, 0.05) is 18.6 Å². The van der Waals surface area contributed by atoms with E-state index in [0.29, 0.717) is 6.04 Å². The lowest BCUT2D eigenvalue weighted by Crippen LogP contribution is -2.50. The Morgan fingerprint density at radius 1 is 0.704 bits per heavy atom. The zero-order valence-corrected chi connectivity index (χ0v) is 16.0. The molecule has 2 nitrogen and oxygen atoms in total. The quantitative estimate of drug-likeness (QED) is 0.693. The molecule has 1 saturated heterocycles. The van der Waals surface area contributed by atoms with E-state index in [1.54, 1.807) is 0 Å². The molecule has 0 aromatic heterocycles. The highest BCUT2D eigenvalue weighted by molar-refractivity contribution is 5.33. The predicted molar refractivity (Wildman–Crippen MR) is 113 cm³/mol. The fourth-order valence-electron chi connectivity index (χ4n) is 4.49. The first-order valence-corrected chi connectivity index (χ1v) is 9.91. The SMILES string of the molecule is CNC1(c2ccccc2)CCN(C(c2ccccc2)c2ccccc2)CC1. The zero-order chi connectivity index (χ0) is 18.5. The highest BCUT2D eigenvalue weighted by Crippen LogP contribution is 2.37. The Balaban J connectivity index is 1.61. The Labute approximate surface area is 162 Å². The monoisotopic (exact) mass is 356 g/mol. The number of hydrogen-bond donors (Lipinski definition) is 1. The van der Waals surface area contributed by atoms with Crippen molar-refractivity contribution < 1.29 is 0 Å². The molecule has 3 aromatic carbocycles. The molecular weight excluding hydrogens is 328 g/mol. The van der Waals surface area contributed by atoms with Crippen molar-refractivity contribution in [2.75, 3.05) is 20.1 Å². The van der Waals surface area contributed by atoms with Crippen molar-refractivity contribution in [1.29, 1.82) is 0 Å². The first-order valence-electron chi connectivity index (χ1n) is 9.91. The van der Waals surface area contributed by atoms with Crippen LogP contribution >= 0.6 is 0 Å². The summed E-state index contributed by atoms with van der Waals surface area (Å²) in [6.07, 6.45) is 2.23. The van der Waals surface area contributed by atoms with E-state index in [4.69, 9.17) is 0 Å². The number of rotatable bonds is 5. The van der Waals surface area contributed by atoms with Crippen molar-refractivity contribution in [3.8, 4) is 0 Å². The third-order valence-electron chi connectivity index (χ3n) is 6.05. The highest BCUT2D eigenvalue weighted by atomic mass is 15.2. The number of nitrogens with one attached hydrogen (secondary N) is 1. The number of nitrogens with zero attached hydrogens (tertiary/aromatic N) is 1. The Morgan fingerprint density at radius 2 is 1.15 bits per heavy atom. The smallest absolute Gasteiger partial charge is 0.0601 e. The second-order valence-corrected chi connectivity index (χ2v) is 7.46. The van der Waals surface area contributed by atoms with Gasteiger partial charge in [0.05, 0.1) is 6.04 Å². The molecule has 2 heteroatoms. The first-order chi connectivity index (χ1) is 13.3. The van der Waals surface area contributed by atoms with Crippen LogP contribution in [-0.2, 0) is 5.54 Å². The predicted octanol–water partition coefficient (Wildman–Crippen LogP) is 4.99. The van der Waals surface area contributed by atoms with Crippen molar-refractivity contribution >= 4 is 0 Å². The summed E-state index contributed by atoms with van der Waals surface area (Å²) < 4.78 is 0. The Morgan fingerprint density at radius 3 is 1.59 bits per heavy atom. The Hall–Kier alpha value is -2.42. The summed E-state index contributed by atoms with van der Waals surface area (Å²) in [6.45, 7) is 2.15. The van der Waals surface area contributed by atoms with Crippen LogP contribution in [0.2, 0.25) is 0 Å². The van der Waals surface area contributed by atoms with E-state index in [1.807, 2.05) is 0 Å². The molecule has 0 amide bonds. The molecule has 0 saturated carbocycles. The molecule has 0 aliphatic carbocycles. The van der Waals surface area contributed by atoms with Crippen molar-refractivity contribution in [2.45, 2.75) is 24.4 Å². The molecule has 4 rings (SSSR count). The minimum Gasteiger partial charge on any atom is -0.310 e. The Kier molecular flexibility index (Phi) is 5.38. The third-order valence-corrected chi connectivity index (χ3v) is 6.05. The minimum absolute atomic E-state index is 0.0791. The summed E-state index contributed by atoms with van der Waals surface area (Å²) in [6, 6.07) is 33.1. The molecule has 3 aromatic rings.